The second-order valence-corrected chi connectivity index (χ2v) is 6.54. The number of nitrogens with zero attached hydrogens (tertiary/aromatic N) is 3. The molecule has 0 amide bonds. The SMILES string of the molecule is CC(C)(C)c1ccc(-c2cc(N)nc(-c3ccccn3)n2)cc1. The molecule has 23 heavy (non-hydrogen) atoms. The van der Waals surface area contributed by atoms with E-state index >= 15 is 0 Å². The van der Waals surface area contributed by atoms with E-state index in [1.807, 2.05) is 18.2 Å². The Hall–Kier alpha value is -2.75. The van der Waals surface area contributed by atoms with Crippen LogP contribution in [0.1, 0.15) is 26.3 Å². The van der Waals surface area contributed by atoms with Gasteiger partial charge < -0.3 is 5.73 Å². The van der Waals surface area contributed by atoms with Crippen molar-refractivity contribution in [3.8, 4) is 22.8 Å². The minimum atomic E-state index is 0.127. The number of aromatic nitrogens is 3. The van der Waals surface area contributed by atoms with Gasteiger partial charge in [0.15, 0.2) is 5.82 Å². The van der Waals surface area contributed by atoms with Gasteiger partial charge in [-0.3, -0.25) is 4.98 Å². The fraction of sp³-hybridized carbons (Fsp3) is 0.211. The molecule has 0 saturated carbocycles. The van der Waals surface area contributed by atoms with E-state index in [0.29, 0.717) is 17.3 Å². The van der Waals surface area contributed by atoms with Gasteiger partial charge in [-0.2, -0.15) is 0 Å². The molecule has 0 atom stereocenters. The molecule has 3 aromatic rings. The number of hydrogen-bond donors (Lipinski definition) is 1. The molecule has 0 radical (unpaired) electrons. The largest absolute Gasteiger partial charge is 0.384 e. The van der Waals surface area contributed by atoms with Gasteiger partial charge in [-0.1, -0.05) is 51.1 Å². The normalized spacial score (nSPS) is 11.4. The molecular weight excluding hydrogens is 284 g/mol. The first-order chi connectivity index (χ1) is 10.9. The lowest BCUT2D eigenvalue weighted by Gasteiger charge is -2.19. The van der Waals surface area contributed by atoms with Crippen LogP contribution in [0.2, 0.25) is 0 Å². The minimum Gasteiger partial charge on any atom is -0.384 e. The number of pyridine rings is 1. The summed E-state index contributed by atoms with van der Waals surface area (Å²) in [5.74, 6) is 0.982. The zero-order chi connectivity index (χ0) is 16.4. The summed E-state index contributed by atoms with van der Waals surface area (Å²) in [6, 6.07) is 15.9. The smallest absolute Gasteiger partial charge is 0.180 e. The molecule has 0 aliphatic heterocycles. The van der Waals surface area contributed by atoms with E-state index in [1.165, 1.54) is 5.56 Å². The number of rotatable bonds is 2. The Balaban J connectivity index is 2.02. The van der Waals surface area contributed by atoms with Crippen LogP contribution >= 0.6 is 0 Å². The lowest BCUT2D eigenvalue weighted by molar-refractivity contribution is 0.590. The number of hydrogen-bond acceptors (Lipinski definition) is 4. The zero-order valence-corrected chi connectivity index (χ0v) is 13.6. The number of anilines is 1. The molecule has 4 heteroatoms. The minimum absolute atomic E-state index is 0.127. The fourth-order valence-electron chi connectivity index (χ4n) is 2.36. The lowest BCUT2D eigenvalue weighted by atomic mass is 9.86. The van der Waals surface area contributed by atoms with Gasteiger partial charge in [-0.05, 0) is 23.1 Å². The quantitative estimate of drug-likeness (QED) is 0.774. The summed E-state index contributed by atoms with van der Waals surface area (Å²) in [5.41, 5.74) is 9.90. The summed E-state index contributed by atoms with van der Waals surface area (Å²) in [4.78, 5) is 13.2. The van der Waals surface area contributed by atoms with Gasteiger partial charge in [0, 0.05) is 17.8 Å². The first-order valence-electron chi connectivity index (χ1n) is 7.60. The molecule has 116 valence electrons. The van der Waals surface area contributed by atoms with E-state index in [4.69, 9.17) is 5.73 Å². The van der Waals surface area contributed by atoms with Gasteiger partial charge in [0.25, 0.3) is 0 Å². The highest BCUT2D eigenvalue weighted by atomic mass is 15.0. The van der Waals surface area contributed by atoms with Crippen LogP contribution in [0, 0.1) is 0 Å². The molecule has 4 nitrogen and oxygen atoms in total. The van der Waals surface area contributed by atoms with Crippen LogP contribution in [0.15, 0.2) is 54.7 Å². The molecule has 0 aliphatic carbocycles. The van der Waals surface area contributed by atoms with Gasteiger partial charge in [0.05, 0.1) is 5.69 Å². The predicted octanol–water partition coefficient (Wildman–Crippen LogP) is 4.09. The summed E-state index contributed by atoms with van der Waals surface area (Å²) in [6.45, 7) is 6.59. The van der Waals surface area contributed by atoms with Gasteiger partial charge in [-0.15, -0.1) is 0 Å². The summed E-state index contributed by atoms with van der Waals surface area (Å²) in [6.07, 6.45) is 1.72. The number of nitrogens with two attached hydrogens (primary N) is 1. The van der Waals surface area contributed by atoms with Crippen molar-refractivity contribution < 1.29 is 0 Å². The fourth-order valence-corrected chi connectivity index (χ4v) is 2.36. The summed E-state index contributed by atoms with van der Waals surface area (Å²) >= 11 is 0. The molecule has 0 spiro atoms. The van der Waals surface area contributed by atoms with Gasteiger partial charge in [0.2, 0.25) is 0 Å². The Kier molecular flexibility index (Phi) is 3.82. The maximum atomic E-state index is 5.95. The maximum absolute atomic E-state index is 5.95. The van der Waals surface area contributed by atoms with Crippen molar-refractivity contribution in [2.24, 2.45) is 0 Å². The Bertz CT molecular complexity index is 803. The summed E-state index contributed by atoms with van der Waals surface area (Å²) < 4.78 is 0. The topological polar surface area (TPSA) is 64.7 Å². The first-order valence-corrected chi connectivity index (χ1v) is 7.60. The molecule has 0 fully saturated rings. The number of nitrogen functional groups attached to an aromatic ring is 1. The molecule has 0 aliphatic rings. The van der Waals surface area contributed by atoms with Crippen molar-refractivity contribution in [3.63, 3.8) is 0 Å². The van der Waals surface area contributed by atoms with Gasteiger partial charge >= 0.3 is 0 Å². The van der Waals surface area contributed by atoms with Crippen molar-refractivity contribution in [1.29, 1.82) is 0 Å². The second kappa shape index (κ2) is 5.80. The van der Waals surface area contributed by atoms with E-state index in [1.54, 1.807) is 12.3 Å². The maximum Gasteiger partial charge on any atom is 0.180 e. The summed E-state index contributed by atoms with van der Waals surface area (Å²) in [5, 5.41) is 0. The van der Waals surface area contributed by atoms with Crippen molar-refractivity contribution in [2.75, 3.05) is 5.73 Å². The van der Waals surface area contributed by atoms with E-state index in [0.717, 1.165) is 11.3 Å². The number of benzene rings is 1. The van der Waals surface area contributed by atoms with Crippen LogP contribution < -0.4 is 5.73 Å². The Morgan fingerprint density at radius 2 is 1.61 bits per heavy atom. The monoisotopic (exact) mass is 304 g/mol. The van der Waals surface area contributed by atoms with E-state index in [9.17, 15) is 0 Å². The van der Waals surface area contributed by atoms with E-state index < -0.39 is 0 Å². The van der Waals surface area contributed by atoms with Crippen LogP contribution in [0.4, 0.5) is 5.82 Å². The molecule has 2 N–H and O–H groups in total. The van der Waals surface area contributed by atoms with Crippen LogP contribution in [0.25, 0.3) is 22.8 Å². The highest BCUT2D eigenvalue weighted by Crippen LogP contribution is 2.27. The van der Waals surface area contributed by atoms with Crippen LogP contribution in [0.5, 0.6) is 0 Å². The van der Waals surface area contributed by atoms with Crippen molar-refractivity contribution in [1.82, 2.24) is 15.0 Å². The second-order valence-electron chi connectivity index (χ2n) is 6.54. The van der Waals surface area contributed by atoms with E-state index in [-0.39, 0.29) is 5.41 Å². The third-order valence-corrected chi connectivity index (χ3v) is 3.69. The Morgan fingerprint density at radius 3 is 2.22 bits per heavy atom. The van der Waals surface area contributed by atoms with Crippen molar-refractivity contribution in [2.45, 2.75) is 26.2 Å². The molecule has 0 saturated heterocycles. The molecule has 2 heterocycles. The third-order valence-electron chi connectivity index (χ3n) is 3.69. The molecule has 1 aromatic carbocycles. The molecule has 0 bridgehead atoms. The first kappa shape index (κ1) is 15.2. The highest BCUT2D eigenvalue weighted by molar-refractivity contribution is 5.66. The molecule has 2 aromatic heterocycles. The third kappa shape index (κ3) is 3.37. The van der Waals surface area contributed by atoms with Crippen molar-refractivity contribution in [3.05, 3.63) is 60.3 Å². The standard InChI is InChI=1S/C19H20N4/c1-19(2,3)14-9-7-13(8-10-14)16-12-17(20)23-18(22-16)15-6-4-5-11-21-15/h4-12H,1-3H3,(H2,20,22,23). The lowest BCUT2D eigenvalue weighted by Crippen LogP contribution is -2.10. The van der Waals surface area contributed by atoms with Crippen LogP contribution in [0.3, 0.4) is 0 Å². The predicted molar refractivity (Wildman–Crippen MR) is 93.8 cm³/mol. The van der Waals surface area contributed by atoms with Crippen molar-refractivity contribution >= 4 is 5.82 Å². The molecular formula is C19H20N4. The van der Waals surface area contributed by atoms with Gasteiger partial charge in [-0.25, -0.2) is 9.97 Å². The molecule has 0 unspecified atom stereocenters. The average Bonchev–Trinajstić information content (AvgIpc) is 2.54. The Labute approximate surface area is 136 Å². The average molecular weight is 304 g/mol. The zero-order valence-electron chi connectivity index (χ0n) is 13.6. The molecule has 3 rings (SSSR count). The van der Waals surface area contributed by atoms with Gasteiger partial charge in [0.1, 0.15) is 11.5 Å². The van der Waals surface area contributed by atoms with E-state index in [2.05, 4.69) is 60.0 Å². The Morgan fingerprint density at radius 1 is 0.870 bits per heavy atom. The van der Waals surface area contributed by atoms with Crippen LogP contribution in [-0.2, 0) is 5.41 Å². The highest BCUT2D eigenvalue weighted by Gasteiger charge is 2.14. The summed E-state index contributed by atoms with van der Waals surface area (Å²) in [7, 11) is 0. The van der Waals surface area contributed by atoms with Crippen LogP contribution in [-0.4, -0.2) is 15.0 Å².